The number of anilines is 1. The molecule has 2 N–H and O–H groups in total. The summed E-state index contributed by atoms with van der Waals surface area (Å²) in [6.45, 7) is 3.49. The van der Waals surface area contributed by atoms with Crippen molar-refractivity contribution in [3.63, 3.8) is 0 Å². The Morgan fingerprint density at radius 1 is 1.69 bits per heavy atom. The molecular formula is C11H13N3O2. The number of aromatic nitrogens is 1. The molecule has 0 aliphatic heterocycles. The van der Waals surface area contributed by atoms with Gasteiger partial charge >= 0.3 is 5.97 Å². The maximum absolute atomic E-state index is 10.6. The highest BCUT2D eigenvalue weighted by molar-refractivity contribution is 5.69. The molecule has 1 rings (SSSR count). The zero-order valence-electron chi connectivity index (χ0n) is 9.19. The van der Waals surface area contributed by atoms with Gasteiger partial charge in [-0.2, -0.15) is 5.26 Å². The summed E-state index contributed by atoms with van der Waals surface area (Å²) < 4.78 is 0. The first-order valence-corrected chi connectivity index (χ1v) is 4.80. The minimum atomic E-state index is -0.896. The van der Waals surface area contributed by atoms with Gasteiger partial charge in [-0.15, -0.1) is 0 Å². The smallest absolute Gasteiger partial charge is 0.305 e. The van der Waals surface area contributed by atoms with Gasteiger partial charge in [-0.3, -0.25) is 4.79 Å². The van der Waals surface area contributed by atoms with Crippen LogP contribution >= 0.6 is 0 Å². The Kier molecular flexibility index (Phi) is 3.46. The van der Waals surface area contributed by atoms with Crippen LogP contribution in [0.15, 0.2) is 18.3 Å². The Morgan fingerprint density at radius 2 is 2.38 bits per heavy atom. The average molecular weight is 219 g/mol. The number of carbonyl (C=O) groups is 1. The molecule has 0 aliphatic rings. The fourth-order valence-electron chi connectivity index (χ4n) is 1.34. The number of pyridine rings is 1. The number of nitrogens with zero attached hydrogens (tertiary/aromatic N) is 2. The van der Waals surface area contributed by atoms with Gasteiger partial charge < -0.3 is 10.4 Å². The van der Waals surface area contributed by atoms with Crippen LogP contribution < -0.4 is 5.32 Å². The van der Waals surface area contributed by atoms with E-state index in [1.165, 1.54) is 0 Å². The van der Waals surface area contributed by atoms with Gasteiger partial charge in [0.1, 0.15) is 11.9 Å². The zero-order valence-corrected chi connectivity index (χ0v) is 9.19. The van der Waals surface area contributed by atoms with Crippen molar-refractivity contribution in [2.24, 2.45) is 0 Å². The minimum Gasteiger partial charge on any atom is -0.481 e. The van der Waals surface area contributed by atoms with Gasteiger partial charge in [0.15, 0.2) is 0 Å². The number of nitriles is 1. The largest absolute Gasteiger partial charge is 0.481 e. The molecule has 0 atom stereocenters. The average Bonchev–Trinajstić information content (AvgIpc) is 2.15. The second-order valence-electron chi connectivity index (χ2n) is 4.09. The molecule has 0 aromatic carbocycles. The summed E-state index contributed by atoms with van der Waals surface area (Å²) >= 11 is 0. The Hall–Kier alpha value is -2.09. The topological polar surface area (TPSA) is 86.0 Å². The number of carboxylic acids is 1. The molecule has 0 bridgehead atoms. The highest BCUT2D eigenvalue weighted by atomic mass is 16.4. The SMILES string of the molecule is CC(C)(CC(=O)O)Nc1ncccc1C#N. The Balaban J connectivity index is 2.88. The van der Waals surface area contributed by atoms with Crippen molar-refractivity contribution in [3.05, 3.63) is 23.9 Å². The number of aliphatic carboxylic acids is 1. The molecule has 0 amide bonds. The van der Waals surface area contributed by atoms with Crippen molar-refractivity contribution in [3.8, 4) is 6.07 Å². The maximum Gasteiger partial charge on any atom is 0.305 e. The van der Waals surface area contributed by atoms with Crippen LogP contribution in [0.5, 0.6) is 0 Å². The third-order valence-electron chi connectivity index (χ3n) is 1.98. The first-order valence-electron chi connectivity index (χ1n) is 4.80. The number of hydrogen-bond acceptors (Lipinski definition) is 4. The molecule has 0 saturated carbocycles. The molecule has 5 nitrogen and oxygen atoms in total. The van der Waals surface area contributed by atoms with Gasteiger partial charge in [0.2, 0.25) is 0 Å². The van der Waals surface area contributed by atoms with Crippen molar-refractivity contribution in [1.82, 2.24) is 4.98 Å². The molecule has 5 heteroatoms. The molecule has 0 radical (unpaired) electrons. The maximum atomic E-state index is 10.6. The van der Waals surface area contributed by atoms with E-state index in [-0.39, 0.29) is 6.42 Å². The van der Waals surface area contributed by atoms with E-state index < -0.39 is 11.5 Å². The summed E-state index contributed by atoms with van der Waals surface area (Å²) in [5, 5.41) is 20.5. The lowest BCUT2D eigenvalue weighted by Gasteiger charge is -2.25. The van der Waals surface area contributed by atoms with Gasteiger partial charge in [0, 0.05) is 11.7 Å². The summed E-state index contributed by atoms with van der Waals surface area (Å²) in [5.41, 5.74) is -0.243. The van der Waals surface area contributed by atoms with Crippen molar-refractivity contribution in [2.75, 3.05) is 5.32 Å². The van der Waals surface area contributed by atoms with E-state index in [4.69, 9.17) is 10.4 Å². The van der Waals surface area contributed by atoms with E-state index in [9.17, 15) is 4.79 Å². The van der Waals surface area contributed by atoms with Gasteiger partial charge in [-0.1, -0.05) is 0 Å². The monoisotopic (exact) mass is 219 g/mol. The number of carboxylic acid groups (broad SMARTS) is 1. The highest BCUT2D eigenvalue weighted by Crippen LogP contribution is 2.19. The van der Waals surface area contributed by atoms with E-state index >= 15 is 0 Å². The van der Waals surface area contributed by atoms with E-state index in [0.29, 0.717) is 11.4 Å². The summed E-state index contributed by atoms with van der Waals surface area (Å²) in [7, 11) is 0. The van der Waals surface area contributed by atoms with Gasteiger partial charge in [0.05, 0.1) is 12.0 Å². The molecule has 1 heterocycles. The quantitative estimate of drug-likeness (QED) is 0.803. The van der Waals surface area contributed by atoms with E-state index in [2.05, 4.69) is 10.3 Å². The molecule has 84 valence electrons. The fraction of sp³-hybridized carbons (Fsp3) is 0.364. The highest BCUT2D eigenvalue weighted by Gasteiger charge is 2.22. The molecule has 0 spiro atoms. The van der Waals surface area contributed by atoms with Crippen LogP contribution in [-0.2, 0) is 4.79 Å². The van der Waals surface area contributed by atoms with Crippen molar-refractivity contribution >= 4 is 11.8 Å². The van der Waals surface area contributed by atoms with Gasteiger partial charge in [-0.05, 0) is 26.0 Å². The summed E-state index contributed by atoms with van der Waals surface area (Å²) in [4.78, 5) is 14.6. The number of hydrogen-bond donors (Lipinski definition) is 2. The van der Waals surface area contributed by atoms with Crippen molar-refractivity contribution < 1.29 is 9.90 Å². The van der Waals surface area contributed by atoms with Crippen LogP contribution in [0.3, 0.4) is 0 Å². The van der Waals surface area contributed by atoms with Crippen LogP contribution in [0.2, 0.25) is 0 Å². The Bertz CT molecular complexity index is 435. The van der Waals surface area contributed by atoms with Crippen LogP contribution in [0, 0.1) is 11.3 Å². The third kappa shape index (κ3) is 3.24. The summed E-state index contributed by atoms with van der Waals surface area (Å²) in [6, 6.07) is 5.29. The number of nitrogens with one attached hydrogen (secondary N) is 1. The lowest BCUT2D eigenvalue weighted by Crippen LogP contribution is -2.34. The predicted octanol–water partition coefficient (Wildman–Crippen LogP) is 1.62. The molecule has 1 aromatic heterocycles. The molecule has 0 fully saturated rings. The van der Waals surface area contributed by atoms with Crippen LogP contribution in [0.4, 0.5) is 5.82 Å². The van der Waals surface area contributed by atoms with E-state index in [1.807, 2.05) is 6.07 Å². The first kappa shape index (κ1) is 12.0. The summed E-state index contributed by atoms with van der Waals surface area (Å²) in [6.07, 6.45) is 1.51. The second-order valence-corrected chi connectivity index (χ2v) is 4.09. The number of rotatable bonds is 4. The van der Waals surface area contributed by atoms with Crippen molar-refractivity contribution in [2.45, 2.75) is 25.8 Å². The minimum absolute atomic E-state index is 0.0472. The fourth-order valence-corrected chi connectivity index (χ4v) is 1.34. The van der Waals surface area contributed by atoms with Crippen LogP contribution in [-0.4, -0.2) is 21.6 Å². The van der Waals surface area contributed by atoms with Crippen LogP contribution in [0.1, 0.15) is 25.8 Å². The lowest BCUT2D eigenvalue weighted by atomic mass is 10.0. The third-order valence-corrected chi connectivity index (χ3v) is 1.98. The van der Waals surface area contributed by atoms with Gasteiger partial charge in [-0.25, -0.2) is 4.98 Å². The van der Waals surface area contributed by atoms with Gasteiger partial charge in [0.25, 0.3) is 0 Å². The molecule has 1 aromatic rings. The normalized spacial score (nSPS) is 10.6. The van der Waals surface area contributed by atoms with Crippen molar-refractivity contribution in [1.29, 1.82) is 5.26 Å². The first-order chi connectivity index (χ1) is 7.44. The molecular weight excluding hydrogens is 206 g/mol. The zero-order chi connectivity index (χ0) is 12.2. The lowest BCUT2D eigenvalue weighted by molar-refractivity contribution is -0.137. The summed E-state index contributed by atoms with van der Waals surface area (Å²) in [5.74, 6) is -0.483. The molecule has 16 heavy (non-hydrogen) atoms. The van der Waals surface area contributed by atoms with Crippen LogP contribution in [0.25, 0.3) is 0 Å². The van der Waals surface area contributed by atoms with E-state index in [0.717, 1.165) is 0 Å². The van der Waals surface area contributed by atoms with E-state index in [1.54, 1.807) is 32.2 Å². The Labute approximate surface area is 93.7 Å². The standard InChI is InChI=1S/C11H13N3O2/c1-11(2,6-9(15)16)14-10-8(7-12)4-3-5-13-10/h3-5H,6H2,1-2H3,(H,13,14)(H,15,16). The second kappa shape index (κ2) is 4.62. The molecule has 0 saturated heterocycles. The molecule has 0 aliphatic carbocycles. The Morgan fingerprint density at radius 3 is 2.94 bits per heavy atom. The predicted molar refractivity (Wildman–Crippen MR) is 58.9 cm³/mol. The molecule has 0 unspecified atom stereocenters.